The Morgan fingerprint density at radius 3 is 2.83 bits per heavy atom. The molecular formula is C13H15BrClNO2. The number of aliphatic carboxylic acids is 1. The van der Waals surface area contributed by atoms with Crippen LogP contribution in [0.3, 0.4) is 0 Å². The lowest BCUT2D eigenvalue weighted by Crippen LogP contribution is -2.43. The van der Waals surface area contributed by atoms with Gasteiger partial charge in [0.15, 0.2) is 0 Å². The first-order valence-electron chi connectivity index (χ1n) is 5.46. The molecule has 1 aromatic rings. The van der Waals surface area contributed by atoms with E-state index in [-0.39, 0.29) is 0 Å². The summed E-state index contributed by atoms with van der Waals surface area (Å²) in [5.74, 6) is -0.893. The summed E-state index contributed by atoms with van der Waals surface area (Å²) in [7, 11) is 0. The Labute approximate surface area is 120 Å². The highest BCUT2D eigenvalue weighted by molar-refractivity contribution is 9.10. The zero-order valence-electron chi connectivity index (χ0n) is 10.0. The molecule has 0 saturated heterocycles. The number of benzene rings is 1. The highest BCUT2D eigenvalue weighted by atomic mass is 79.9. The molecule has 1 unspecified atom stereocenters. The van der Waals surface area contributed by atoms with Crippen molar-refractivity contribution in [1.29, 1.82) is 0 Å². The fourth-order valence-corrected chi connectivity index (χ4v) is 2.00. The van der Waals surface area contributed by atoms with Crippen LogP contribution < -0.4 is 5.32 Å². The summed E-state index contributed by atoms with van der Waals surface area (Å²) in [5.41, 5.74) is -0.318. The molecule has 0 aliphatic heterocycles. The first-order valence-corrected chi connectivity index (χ1v) is 6.63. The van der Waals surface area contributed by atoms with Crippen molar-refractivity contribution in [2.24, 2.45) is 0 Å². The number of hydrogen-bond donors (Lipinski definition) is 2. The molecule has 0 radical (unpaired) electrons. The fraction of sp³-hybridized carbons (Fsp3) is 0.308. The smallest absolute Gasteiger partial charge is 0.329 e. The molecule has 0 fully saturated rings. The average Bonchev–Trinajstić information content (AvgIpc) is 2.31. The lowest BCUT2D eigenvalue weighted by Gasteiger charge is -2.27. The number of hydrogen-bond acceptors (Lipinski definition) is 2. The van der Waals surface area contributed by atoms with E-state index >= 15 is 0 Å². The standard InChI is InChI=1S/C13H15BrClNO2/c1-3-4-7-13(2,12(17)18)16-9-5-6-11(15)10(14)8-9/h3,5-6,8,16H,1,4,7H2,2H3,(H,17,18). The van der Waals surface area contributed by atoms with E-state index in [0.29, 0.717) is 23.6 Å². The van der Waals surface area contributed by atoms with E-state index in [1.165, 1.54) is 0 Å². The molecule has 2 N–H and O–H groups in total. The summed E-state index contributed by atoms with van der Waals surface area (Å²) >= 11 is 9.20. The van der Waals surface area contributed by atoms with Crippen LogP contribution in [0.15, 0.2) is 35.3 Å². The molecule has 0 aromatic heterocycles. The van der Waals surface area contributed by atoms with Crippen molar-refractivity contribution < 1.29 is 9.90 Å². The molecule has 0 bridgehead atoms. The zero-order valence-corrected chi connectivity index (χ0v) is 12.4. The molecule has 1 atom stereocenters. The third-order valence-corrected chi connectivity index (χ3v) is 3.87. The van der Waals surface area contributed by atoms with E-state index in [1.807, 2.05) is 0 Å². The van der Waals surface area contributed by atoms with Gasteiger partial charge in [-0.05, 0) is 53.9 Å². The van der Waals surface area contributed by atoms with Gasteiger partial charge in [0.1, 0.15) is 5.54 Å². The van der Waals surface area contributed by atoms with Gasteiger partial charge in [0, 0.05) is 10.2 Å². The highest BCUT2D eigenvalue weighted by Crippen LogP contribution is 2.28. The molecule has 0 saturated carbocycles. The number of halogens is 2. The van der Waals surface area contributed by atoms with Crippen molar-refractivity contribution in [3.63, 3.8) is 0 Å². The molecule has 1 rings (SSSR count). The van der Waals surface area contributed by atoms with Crippen LogP contribution in [0.5, 0.6) is 0 Å². The lowest BCUT2D eigenvalue weighted by molar-refractivity contribution is -0.141. The van der Waals surface area contributed by atoms with Crippen LogP contribution in [0.2, 0.25) is 5.02 Å². The normalized spacial score (nSPS) is 13.7. The largest absolute Gasteiger partial charge is 0.480 e. The summed E-state index contributed by atoms with van der Waals surface area (Å²) in [6.07, 6.45) is 2.80. The van der Waals surface area contributed by atoms with Crippen LogP contribution in [0.25, 0.3) is 0 Å². The summed E-state index contributed by atoms with van der Waals surface area (Å²) in [6, 6.07) is 5.23. The lowest BCUT2D eigenvalue weighted by atomic mass is 9.95. The van der Waals surface area contributed by atoms with Crippen LogP contribution >= 0.6 is 27.5 Å². The maximum atomic E-state index is 11.3. The van der Waals surface area contributed by atoms with Gasteiger partial charge in [0.05, 0.1) is 5.02 Å². The van der Waals surface area contributed by atoms with Gasteiger partial charge in [0.2, 0.25) is 0 Å². The van der Waals surface area contributed by atoms with Gasteiger partial charge in [-0.1, -0.05) is 17.7 Å². The predicted octanol–water partition coefficient (Wildman–Crippen LogP) is 4.32. The Kier molecular flexibility index (Phi) is 5.23. The summed E-state index contributed by atoms with van der Waals surface area (Å²) in [6.45, 7) is 5.26. The number of rotatable bonds is 6. The van der Waals surface area contributed by atoms with E-state index in [4.69, 9.17) is 11.6 Å². The number of carboxylic acid groups (broad SMARTS) is 1. The van der Waals surface area contributed by atoms with Crippen LogP contribution in [-0.2, 0) is 4.79 Å². The number of nitrogens with one attached hydrogen (secondary N) is 1. The van der Waals surface area contributed by atoms with Crippen LogP contribution in [-0.4, -0.2) is 16.6 Å². The Morgan fingerprint density at radius 2 is 2.33 bits per heavy atom. The van der Waals surface area contributed by atoms with Gasteiger partial charge < -0.3 is 10.4 Å². The summed E-state index contributed by atoms with van der Waals surface area (Å²) in [4.78, 5) is 11.3. The number of allylic oxidation sites excluding steroid dienone is 1. The second-order valence-electron chi connectivity index (χ2n) is 4.22. The first-order chi connectivity index (χ1) is 8.39. The van der Waals surface area contributed by atoms with Crippen molar-refractivity contribution in [3.8, 4) is 0 Å². The van der Waals surface area contributed by atoms with Crippen molar-refractivity contribution >= 4 is 39.2 Å². The van der Waals surface area contributed by atoms with E-state index in [1.54, 1.807) is 31.2 Å². The molecule has 3 nitrogen and oxygen atoms in total. The molecule has 18 heavy (non-hydrogen) atoms. The quantitative estimate of drug-likeness (QED) is 0.763. The molecule has 98 valence electrons. The molecule has 0 aliphatic rings. The van der Waals surface area contributed by atoms with Crippen LogP contribution in [0, 0.1) is 0 Å². The molecule has 0 heterocycles. The minimum atomic E-state index is -1.03. The molecule has 0 amide bonds. The summed E-state index contributed by atoms with van der Waals surface area (Å²) < 4.78 is 0.727. The number of anilines is 1. The number of carbonyl (C=O) groups is 1. The van der Waals surface area contributed by atoms with E-state index < -0.39 is 11.5 Å². The van der Waals surface area contributed by atoms with Crippen molar-refractivity contribution in [2.75, 3.05) is 5.32 Å². The van der Waals surface area contributed by atoms with Gasteiger partial charge in [-0.3, -0.25) is 0 Å². The fourth-order valence-electron chi connectivity index (χ4n) is 1.51. The third kappa shape index (κ3) is 3.75. The topological polar surface area (TPSA) is 49.3 Å². The monoisotopic (exact) mass is 331 g/mol. The predicted molar refractivity (Wildman–Crippen MR) is 78.2 cm³/mol. The Morgan fingerprint density at radius 1 is 1.67 bits per heavy atom. The second-order valence-corrected chi connectivity index (χ2v) is 5.48. The van der Waals surface area contributed by atoms with Gasteiger partial charge in [-0.15, -0.1) is 6.58 Å². The van der Waals surface area contributed by atoms with Crippen molar-refractivity contribution in [3.05, 3.63) is 40.3 Å². The number of carboxylic acids is 1. The first kappa shape index (κ1) is 15.1. The van der Waals surface area contributed by atoms with Crippen LogP contribution in [0.4, 0.5) is 5.69 Å². The SMILES string of the molecule is C=CCCC(C)(Nc1ccc(Cl)c(Br)c1)C(=O)O. The van der Waals surface area contributed by atoms with Gasteiger partial charge >= 0.3 is 5.97 Å². The third-order valence-electron chi connectivity index (χ3n) is 2.66. The molecule has 0 aliphatic carbocycles. The average molecular weight is 333 g/mol. The Balaban J connectivity index is 2.92. The van der Waals surface area contributed by atoms with E-state index in [9.17, 15) is 9.90 Å². The zero-order chi connectivity index (χ0) is 13.8. The highest BCUT2D eigenvalue weighted by Gasteiger charge is 2.32. The maximum Gasteiger partial charge on any atom is 0.329 e. The minimum absolute atomic E-state index is 0.464. The van der Waals surface area contributed by atoms with Crippen molar-refractivity contribution in [1.82, 2.24) is 0 Å². The van der Waals surface area contributed by atoms with Crippen molar-refractivity contribution in [2.45, 2.75) is 25.3 Å². The molecule has 5 heteroatoms. The Bertz CT molecular complexity index is 464. The minimum Gasteiger partial charge on any atom is -0.480 e. The maximum absolute atomic E-state index is 11.3. The van der Waals surface area contributed by atoms with Gasteiger partial charge in [-0.25, -0.2) is 4.79 Å². The van der Waals surface area contributed by atoms with Crippen LogP contribution in [0.1, 0.15) is 19.8 Å². The second kappa shape index (κ2) is 6.25. The molecule has 1 aromatic carbocycles. The van der Waals surface area contributed by atoms with E-state index in [2.05, 4.69) is 27.8 Å². The molecule has 0 spiro atoms. The van der Waals surface area contributed by atoms with Gasteiger partial charge in [-0.2, -0.15) is 0 Å². The summed E-state index contributed by atoms with van der Waals surface area (Å²) in [5, 5.41) is 12.9. The molecular weight excluding hydrogens is 318 g/mol. The Hall–Kier alpha value is -1.00. The van der Waals surface area contributed by atoms with Gasteiger partial charge in [0.25, 0.3) is 0 Å². The van der Waals surface area contributed by atoms with E-state index in [0.717, 1.165) is 4.47 Å².